The third-order valence-corrected chi connectivity index (χ3v) is 3.93. The van der Waals surface area contributed by atoms with Crippen LogP contribution in [0.5, 0.6) is 5.75 Å². The van der Waals surface area contributed by atoms with Crippen LogP contribution in [0.4, 0.5) is 5.69 Å². The molecule has 4 heteroatoms. The van der Waals surface area contributed by atoms with Crippen molar-refractivity contribution in [3.05, 3.63) is 53.3 Å². The number of methoxy groups -OCH3 is 1. The lowest BCUT2D eigenvalue weighted by Gasteiger charge is -2.24. The lowest BCUT2D eigenvalue weighted by Crippen LogP contribution is -2.27. The molecule has 21 heavy (non-hydrogen) atoms. The number of ether oxygens (including phenoxy) is 1. The second-order valence-electron chi connectivity index (χ2n) is 5.27. The molecule has 1 aliphatic heterocycles. The van der Waals surface area contributed by atoms with Gasteiger partial charge in [0.05, 0.1) is 31.2 Å². The van der Waals surface area contributed by atoms with Crippen molar-refractivity contribution in [3.8, 4) is 5.75 Å². The number of hydrogen-bond acceptors (Lipinski definition) is 3. The smallest absolute Gasteiger partial charge is 0.259 e. The summed E-state index contributed by atoms with van der Waals surface area (Å²) >= 11 is 0. The zero-order valence-electron chi connectivity index (χ0n) is 12.5. The van der Waals surface area contributed by atoms with Gasteiger partial charge in [0.1, 0.15) is 5.75 Å². The quantitative estimate of drug-likeness (QED) is 0.865. The Kier molecular flexibility index (Phi) is 3.37. The molecule has 1 amide bonds. The maximum Gasteiger partial charge on any atom is 0.259 e. The van der Waals surface area contributed by atoms with E-state index >= 15 is 0 Å². The molecular formula is C17H18N2O2. The summed E-state index contributed by atoms with van der Waals surface area (Å²) in [5.74, 6) is 0.689. The summed E-state index contributed by atoms with van der Waals surface area (Å²) in [6.07, 6.45) is 4.21. The minimum atomic E-state index is 0.0342. The van der Waals surface area contributed by atoms with E-state index in [0.29, 0.717) is 5.75 Å². The van der Waals surface area contributed by atoms with Crippen LogP contribution in [0.1, 0.15) is 40.9 Å². The standard InChI is InChI=1S/C17H18N2O2/c1-4-16-15-7-11(2)5-6-14(15)17(20)19(16)12-8-13(21-3)10-18-9-12/h5-10,16H,4H2,1-3H3. The molecule has 0 saturated heterocycles. The summed E-state index contributed by atoms with van der Waals surface area (Å²) < 4.78 is 5.21. The Balaban J connectivity index is 2.09. The van der Waals surface area contributed by atoms with Crippen molar-refractivity contribution in [3.63, 3.8) is 0 Å². The number of hydrogen-bond donors (Lipinski definition) is 0. The van der Waals surface area contributed by atoms with Gasteiger partial charge in [-0.05, 0) is 25.0 Å². The monoisotopic (exact) mass is 282 g/mol. The molecule has 108 valence electrons. The molecule has 0 radical (unpaired) electrons. The fraction of sp³-hybridized carbons (Fsp3) is 0.294. The third kappa shape index (κ3) is 2.17. The Hall–Kier alpha value is -2.36. The number of aromatic nitrogens is 1. The number of benzene rings is 1. The number of amides is 1. The zero-order valence-corrected chi connectivity index (χ0v) is 12.5. The molecule has 0 saturated carbocycles. The summed E-state index contributed by atoms with van der Waals surface area (Å²) in [4.78, 5) is 18.7. The van der Waals surface area contributed by atoms with Crippen molar-refractivity contribution >= 4 is 11.6 Å². The number of pyridine rings is 1. The van der Waals surface area contributed by atoms with E-state index in [1.54, 1.807) is 19.5 Å². The van der Waals surface area contributed by atoms with E-state index in [1.165, 1.54) is 5.56 Å². The Morgan fingerprint density at radius 1 is 1.29 bits per heavy atom. The Bertz CT molecular complexity index is 697. The van der Waals surface area contributed by atoms with E-state index in [1.807, 2.05) is 30.0 Å². The van der Waals surface area contributed by atoms with Crippen LogP contribution < -0.4 is 9.64 Å². The van der Waals surface area contributed by atoms with Gasteiger partial charge in [-0.1, -0.05) is 24.6 Å². The van der Waals surface area contributed by atoms with Gasteiger partial charge in [0.15, 0.2) is 0 Å². The van der Waals surface area contributed by atoms with Gasteiger partial charge < -0.3 is 4.74 Å². The Morgan fingerprint density at radius 2 is 2.10 bits per heavy atom. The molecule has 2 heterocycles. The lowest BCUT2D eigenvalue weighted by atomic mass is 10.0. The SMILES string of the molecule is CCC1c2cc(C)ccc2C(=O)N1c1cncc(OC)c1. The van der Waals surface area contributed by atoms with Crippen LogP contribution in [0.15, 0.2) is 36.7 Å². The van der Waals surface area contributed by atoms with E-state index in [4.69, 9.17) is 4.74 Å². The molecule has 3 rings (SSSR count). The second-order valence-corrected chi connectivity index (χ2v) is 5.27. The van der Waals surface area contributed by atoms with Crippen LogP contribution >= 0.6 is 0 Å². The highest BCUT2D eigenvalue weighted by Crippen LogP contribution is 2.40. The van der Waals surface area contributed by atoms with Crippen molar-refractivity contribution in [2.24, 2.45) is 0 Å². The molecule has 0 bridgehead atoms. The summed E-state index contributed by atoms with van der Waals surface area (Å²) in [5.41, 5.74) is 3.84. The van der Waals surface area contributed by atoms with Crippen LogP contribution in [0.25, 0.3) is 0 Å². The van der Waals surface area contributed by atoms with Gasteiger partial charge >= 0.3 is 0 Å². The summed E-state index contributed by atoms with van der Waals surface area (Å²) in [7, 11) is 1.60. The molecule has 0 N–H and O–H groups in total. The molecule has 1 unspecified atom stereocenters. The summed E-state index contributed by atoms with van der Waals surface area (Å²) in [6.45, 7) is 4.14. The minimum absolute atomic E-state index is 0.0342. The first kappa shape index (κ1) is 13.6. The van der Waals surface area contributed by atoms with Crippen LogP contribution in [0, 0.1) is 6.92 Å². The molecule has 2 aromatic rings. The number of aryl methyl sites for hydroxylation is 1. The van der Waals surface area contributed by atoms with Crippen LogP contribution in [-0.2, 0) is 0 Å². The fourth-order valence-electron chi connectivity index (χ4n) is 2.91. The van der Waals surface area contributed by atoms with Gasteiger partial charge in [0, 0.05) is 11.6 Å². The van der Waals surface area contributed by atoms with Crippen molar-refractivity contribution in [1.82, 2.24) is 4.98 Å². The Labute approximate surface area is 124 Å². The van der Waals surface area contributed by atoms with Crippen molar-refractivity contribution in [2.75, 3.05) is 12.0 Å². The molecule has 1 atom stereocenters. The maximum absolute atomic E-state index is 12.7. The number of fused-ring (bicyclic) bond motifs is 1. The average Bonchev–Trinajstić information content (AvgIpc) is 2.79. The topological polar surface area (TPSA) is 42.4 Å². The van der Waals surface area contributed by atoms with Crippen molar-refractivity contribution in [1.29, 1.82) is 0 Å². The highest BCUT2D eigenvalue weighted by molar-refractivity contribution is 6.11. The normalized spacial score (nSPS) is 17.0. The van der Waals surface area contributed by atoms with Crippen LogP contribution in [0.2, 0.25) is 0 Å². The molecule has 0 aliphatic carbocycles. The van der Waals surface area contributed by atoms with E-state index in [2.05, 4.69) is 18.0 Å². The predicted octanol–water partition coefficient (Wildman–Crippen LogP) is 3.51. The van der Waals surface area contributed by atoms with Gasteiger partial charge in [-0.2, -0.15) is 0 Å². The number of rotatable bonds is 3. The molecule has 1 aromatic carbocycles. The van der Waals surface area contributed by atoms with Crippen LogP contribution in [0.3, 0.4) is 0 Å². The Morgan fingerprint density at radius 3 is 2.81 bits per heavy atom. The van der Waals surface area contributed by atoms with E-state index in [9.17, 15) is 4.79 Å². The number of nitrogens with zero attached hydrogens (tertiary/aromatic N) is 2. The number of anilines is 1. The summed E-state index contributed by atoms with van der Waals surface area (Å²) in [6, 6.07) is 7.92. The van der Waals surface area contributed by atoms with Crippen LogP contribution in [-0.4, -0.2) is 18.0 Å². The van der Waals surface area contributed by atoms with Gasteiger partial charge in [0.25, 0.3) is 5.91 Å². The molecule has 1 aromatic heterocycles. The van der Waals surface area contributed by atoms with E-state index in [0.717, 1.165) is 23.2 Å². The highest BCUT2D eigenvalue weighted by Gasteiger charge is 2.36. The zero-order chi connectivity index (χ0) is 15.0. The largest absolute Gasteiger partial charge is 0.495 e. The molecule has 4 nitrogen and oxygen atoms in total. The molecule has 1 aliphatic rings. The first-order valence-corrected chi connectivity index (χ1v) is 7.09. The number of carbonyl (C=O) groups is 1. The second kappa shape index (κ2) is 5.20. The van der Waals surface area contributed by atoms with Gasteiger partial charge in [-0.3, -0.25) is 14.7 Å². The highest BCUT2D eigenvalue weighted by atomic mass is 16.5. The average molecular weight is 282 g/mol. The predicted molar refractivity (Wildman–Crippen MR) is 81.8 cm³/mol. The lowest BCUT2D eigenvalue weighted by molar-refractivity contribution is 0.0990. The first-order valence-electron chi connectivity index (χ1n) is 7.09. The molecular weight excluding hydrogens is 264 g/mol. The fourth-order valence-corrected chi connectivity index (χ4v) is 2.91. The summed E-state index contributed by atoms with van der Waals surface area (Å²) in [5, 5.41) is 0. The van der Waals surface area contributed by atoms with E-state index < -0.39 is 0 Å². The van der Waals surface area contributed by atoms with E-state index in [-0.39, 0.29) is 11.9 Å². The third-order valence-electron chi connectivity index (χ3n) is 3.93. The molecule has 0 spiro atoms. The van der Waals surface area contributed by atoms with Gasteiger partial charge in [0.2, 0.25) is 0 Å². The van der Waals surface area contributed by atoms with Gasteiger partial charge in [-0.15, -0.1) is 0 Å². The first-order chi connectivity index (χ1) is 10.2. The minimum Gasteiger partial charge on any atom is -0.495 e. The van der Waals surface area contributed by atoms with Crippen molar-refractivity contribution < 1.29 is 9.53 Å². The van der Waals surface area contributed by atoms with Crippen molar-refractivity contribution in [2.45, 2.75) is 26.3 Å². The van der Waals surface area contributed by atoms with Gasteiger partial charge in [-0.25, -0.2) is 0 Å². The molecule has 0 fully saturated rings. The maximum atomic E-state index is 12.7. The number of carbonyl (C=O) groups excluding carboxylic acids is 1.